The van der Waals surface area contributed by atoms with Crippen molar-refractivity contribution < 1.29 is 5.11 Å². The molecule has 1 aromatic rings. The van der Waals surface area contributed by atoms with Gasteiger partial charge < -0.3 is 5.11 Å². The lowest BCUT2D eigenvalue weighted by Crippen LogP contribution is -2.32. The van der Waals surface area contributed by atoms with Gasteiger partial charge in [0.1, 0.15) is 5.75 Å². The van der Waals surface area contributed by atoms with Crippen LogP contribution < -0.4 is 0 Å². The molecule has 1 atom stereocenters. The Kier molecular flexibility index (Phi) is 3.95. The monoisotopic (exact) mass is 253 g/mol. The molecule has 0 bridgehead atoms. The van der Waals surface area contributed by atoms with E-state index < -0.39 is 0 Å². The second-order valence-corrected chi connectivity index (χ2v) is 5.57. The average Bonchev–Trinajstić information content (AvgIpc) is 2.72. The van der Waals surface area contributed by atoms with E-state index in [0.29, 0.717) is 22.7 Å². The summed E-state index contributed by atoms with van der Waals surface area (Å²) in [6, 6.07) is 5.95. The van der Waals surface area contributed by atoms with Gasteiger partial charge in [0.15, 0.2) is 0 Å². The molecule has 2 nitrogen and oxygen atoms in total. The third-order valence-electron chi connectivity index (χ3n) is 3.64. The molecule has 17 heavy (non-hydrogen) atoms. The van der Waals surface area contributed by atoms with E-state index in [-0.39, 0.29) is 0 Å². The van der Waals surface area contributed by atoms with Crippen molar-refractivity contribution in [3.8, 4) is 5.75 Å². The van der Waals surface area contributed by atoms with Crippen LogP contribution in [0.1, 0.15) is 32.3 Å². The zero-order valence-corrected chi connectivity index (χ0v) is 11.2. The van der Waals surface area contributed by atoms with E-state index >= 15 is 0 Å². The number of rotatable bonds is 3. The fourth-order valence-corrected chi connectivity index (χ4v) is 2.94. The van der Waals surface area contributed by atoms with Gasteiger partial charge in [-0.1, -0.05) is 31.5 Å². The molecule has 1 unspecified atom stereocenters. The van der Waals surface area contributed by atoms with Crippen LogP contribution in [0.25, 0.3) is 0 Å². The highest BCUT2D eigenvalue weighted by molar-refractivity contribution is 6.31. The molecule has 1 fully saturated rings. The Labute approximate surface area is 108 Å². The summed E-state index contributed by atoms with van der Waals surface area (Å²) in [5.74, 6) is 0.967. The summed E-state index contributed by atoms with van der Waals surface area (Å²) in [5.41, 5.74) is 0.863. The van der Waals surface area contributed by atoms with E-state index in [2.05, 4.69) is 18.7 Å². The second-order valence-electron chi connectivity index (χ2n) is 5.16. The predicted octanol–water partition coefficient (Wildman–Crippen LogP) is 3.67. The summed E-state index contributed by atoms with van der Waals surface area (Å²) in [4.78, 5) is 2.44. The Bertz CT molecular complexity index is 372. The van der Waals surface area contributed by atoms with Gasteiger partial charge in [-0.3, -0.25) is 4.90 Å². The lowest BCUT2D eigenvalue weighted by atomic mass is 10.0. The minimum atomic E-state index is 0.312. The highest BCUT2D eigenvalue weighted by Crippen LogP contribution is 2.31. The van der Waals surface area contributed by atoms with Gasteiger partial charge in [0, 0.05) is 23.2 Å². The first kappa shape index (κ1) is 12.7. The van der Waals surface area contributed by atoms with Gasteiger partial charge in [-0.05, 0) is 37.4 Å². The van der Waals surface area contributed by atoms with E-state index in [4.69, 9.17) is 11.6 Å². The van der Waals surface area contributed by atoms with Crippen LogP contribution in [0.4, 0.5) is 0 Å². The third kappa shape index (κ3) is 2.75. The molecule has 0 saturated carbocycles. The van der Waals surface area contributed by atoms with Gasteiger partial charge in [-0.25, -0.2) is 0 Å². The number of aromatic hydroxyl groups is 1. The van der Waals surface area contributed by atoms with Crippen molar-refractivity contribution in [1.29, 1.82) is 0 Å². The van der Waals surface area contributed by atoms with Crippen LogP contribution in [-0.2, 0) is 6.54 Å². The maximum Gasteiger partial charge on any atom is 0.121 e. The minimum Gasteiger partial charge on any atom is -0.508 e. The van der Waals surface area contributed by atoms with E-state index in [9.17, 15) is 5.11 Å². The fraction of sp³-hybridized carbons (Fsp3) is 0.571. The molecule has 1 heterocycles. The molecule has 0 spiro atoms. The first-order chi connectivity index (χ1) is 8.09. The summed E-state index contributed by atoms with van der Waals surface area (Å²) in [6.07, 6.45) is 2.50. The highest BCUT2D eigenvalue weighted by atomic mass is 35.5. The Morgan fingerprint density at radius 3 is 2.88 bits per heavy atom. The molecule has 1 saturated heterocycles. The molecular formula is C14H20ClNO. The topological polar surface area (TPSA) is 23.5 Å². The third-order valence-corrected chi connectivity index (χ3v) is 3.99. The van der Waals surface area contributed by atoms with E-state index in [1.807, 2.05) is 6.07 Å². The normalized spacial score (nSPS) is 21.3. The number of hydrogen-bond acceptors (Lipinski definition) is 2. The van der Waals surface area contributed by atoms with Crippen molar-refractivity contribution in [1.82, 2.24) is 4.90 Å². The van der Waals surface area contributed by atoms with Gasteiger partial charge in [0.05, 0.1) is 0 Å². The summed E-state index contributed by atoms with van der Waals surface area (Å²) < 4.78 is 0. The lowest BCUT2D eigenvalue weighted by molar-refractivity contribution is 0.197. The first-order valence-corrected chi connectivity index (χ1v) is 6.68. The van der Waals surface area contributed by atoms with Crippen LogP contribution >= 0.6 is 11.6 Å². The number of benzene rings is 1. The molecule has 0 amide bonds. The summed E-state index contributed by atoms with van der Waals surface area (Å²) in [6.45, 7) is 6.38. The Hall–Kier alpha value is -0.730. The molecule has 1 aromatic carbocycles. The maximum absolute atomic E-state index is 9.87. The largest absolute Gasteiger partial charge is 0.508 e. The maximum atomic E-state index is 9.87. The molecule has 3 heteroatoms. The van der Waals surface area contributed by atoms with Gasteiger partial charge in [-0.2, -0.15) is 0 Å². The molecule has 94 valence electrons. The molecule has 1 aliphatic heterocycles. The van der Waals surface area contributed by atoms with Crippen LogP contribution in [-0.4, -0.2) is 22.6 Å². The van der Waals surface area contributed by atoms with E-state index in [1.165, 1.54) is 12.8 Å². The smallest absolute Gasteiger partial charge is 0.121 e. The van der Waals surface area contributed by atoms with Gasteiger partial charge in [-0.15, -0.1) is 0 Å². The molecule has 0 radical (unpaired) electrons. The number of halogens is 1. The van der Waals surface area contributed by atoms with Gasteiger partial charge in [0.25, 0.3) is 0 Å². The van der Waals surface area contributed by atoms with Crippen molar-refractivity contribution in [3.05, 3.63) is 28.8 Å². The summed E-state index contributed by atoms with van der Waals surface area (Å²) >= 11 is 6.15. The van der Waals surface area contributed by atoms with Crippen LogP contribution in [0.2, 0.25) is 5.02 Å². The first-order valence-electron chi connectivity index (χ1n) is 6.30. The van der Waals surface area contributed by atoms with Crippen molar-refractivity contribution in [2.45, 2.75) is 39.3 Å². The van der Waals surface area contributed by atoms with E-state index in [1.54, 1.807) is 12.1 Å². The number of phenols is 1. The average molecular weight is 254 g/mol. The van der Waals surface area contributed by atoms with Crippen molar-refractivity contribution in [2.24, 2.45) is 5.92 Å². The quantitative estimate of drug-likeness (QED) is 0.889. The standard InChI is InChI=1S/C14H20ClNO/c1-10(2)13-6-4-8-16(13)9-11-12(15)5-3-7-14(11)17/h3,5,7,10,13,17H,4,6,8-9H2,1-2H3. The SMILES string of the molecule is CC(C)C1CCCN1Cc1c(O)cccc1Cl. The molecule has 0 aliphatic carbocycles. The number of phenolic OH excluding ortho intramolecular Hbond substituents is 1. The van der Waals surface area contributed by atoms with Crippen molar-refractivity contribution in [2.75, 3.05) is 6.54 Å². The molecular weight excluding hydrogens is 234 g/mol. The summed E-state index contributed by atoms with van der Waals surface area (Å²) in [5, 5.41) is 10.5. The zero-order valence-electron chi connectivity index (χ0n) is 10.5. The second kappa shape index (κ2) is 5.28. The Morgan fingerprint density at radius 1 is 1.47 bits per heavy atom. The number of likely N-dealkylation sites (tertiary alicyclic amines) is 1. The van der Waals surface area contributed by atoms with Crippen molar-refractivity contribution in [3.63, 3.8) is 0 Å². The molecule has 1 aliphatic rings. The number of hydrogen-bond donors (Lipinski definition) is 1. The number of nitrogens with zero attached hydrogens (tertiary/aromatic N) is 1. The Morgan fingerprint density at radius 2 is 2.24 bits per heavy atom. The minimum absolute atomic E-state index is 0.312. The predicted molar refractivity (Wildman–Crippen MR) is 71.4 cm³/mol. The fourth-order valence-electron chi connectivity index (χ4n) is 2.71. The van der Waals surface area contributed by atoms with Gasteiger partial charge in [0.2, 0.25) is 0 Å². The van der Waals surface area contributed by atoms with Crippen LogP contribution in [0.15, 0.2) is 18.2 Å². The van der Waals surface area contributed by atoms with Crippen LogP contribution in [0.3, 0.4) is 0 Å². The van der Waals surface area contributed by atoms with Crippen molar-refractivity contribution >= 4 is 11.6 Å². The Balaban J connectivity index is 2.15. The zero-order chi connectivity index (χ0) is 12.4. The van der Waals surface area contributed by atoms with E-state index in [0.717, 1.165) is 18.7 Å². The molecule has 1 N–H and O–H groups in total. The highest BCUT2D eigenvalue weighted by Gasteiger charge is 2.27. The molecule has 2 rings (SSSR count). The van der Waals surface area contributed by atoms with Gasteiger partial charge >= 0.3 is 0 Å². The summed E-state index contributed by atoms with van der Waals surface area (Å²) in [7, 11) is 0. The lowest BCUT2D eigenvalue weighted by Gasteiger charge is -2.28. The van der Waals surface area contributed by atoms with Crippen LogP contribution in [0, 0.1) is 5.92 Å². The van der Waals surface area contributed by atoms with Crippen LogP contribution in [0.5, 0.6) is 5.75 Å². The molecule has 0 aromatic heterocycles.